The van der Waals surface area contributed by atoms with Crippen molar-refractivity contribution in [3.63, 3.8) is 0 Å². The summed E-state index contributed by atoms with van der Waals surface area (Å²) in [6, 6.07) is 3.83. The van der Waals surface area contributed by atoms with E-state index in [9.17, 15) is 4.79 Å². The van der Waals surface area contributed by atoms with E-state index in [2.05, 4.69) is 15.2 Å². The molecule has 0 spiro atoms. The fourth-order valence-corrected chi connectivity index (χ4v) is 1.90. The van der Waals surface area contributed by atoms with Crippen LogP contribution in [0.5, 0.6) is 0 Å². The molecule has 0 bridgehead atoms. The first-order chi connectivity index (χ1) is 8.79. The Kier molecular flexibility index (Phi) is 4.52. The molecule has 1 fully saturated rings. The second-order valence-electron chi connectivity index (χ2n) is 4.30. The third-order valence-electron chi connectivity index (χ3n) is 2.87. The molecule has 98 valence electrons. The van der Waals surface area contributed by atoms with Crippen molar-refractivity contribution in [1.29, 1.82) is 0 Å². The van der Waals surface area contributed by atoms with Crippen molar-refractivity contribution < 1.29 is 9.53 Å². The van der Waals surface area contributed by atoms with Gasteiger partial charge in [-0.25, -0.2) is 4.98 Å². The van der Waals surface area contributed by atoms with Crippen molar-refractivity contribution in [1.82, 2.24) is 4.98 Å². The first kappa shape index (κ1) is 12.8. The van der Waals surface area contributed by atoms with Gasteiger partial charge in [0.1, 0.15) is 5.82 Å². The van der Waals surface area contributed by atoms with Gasteiger partial charge in [0.15, 0.2) is 0 Å². The van der Waals surface area contributed by atoms with Crippen LogP contribution in [0.15, 0.2) is 18.3 Å². The lowest BCUT2D eigenvalue weighted by Crippen LogP contribution is -2.36. The lowest BCUT2D eigenvalue weighted by atomic mass is 10.3. The van der Waals surface area contributed by atoms with Crippen molar-refractivity contribution in [2.75, 3.05) is 36.5 Å². The normalized spacial score (nSPS) is 15.5. The van der Waals surface area contributed by atoms with Gasteiger partial charge < -0.3 is 15.0 Å². The van der Waals surface area contributed by atoms with Crippen molar-refractivity contribution in [3.05, 3.63) is 18.3 Å². The second kappa shape index (κ2) is 6.35. The van der Waals surface area contributed by atoms with Gasteiger partial charge in [0.25, 0.3) is 0 Å². The number of ether oxygens (including phenoxy) is 1. The third-order valence-corrected chi connectivity index (χ3v) is 2.87. The number of morpholine rings is 1. The van der Waals surface area contributed by atoms with E-state index < -0.39 is 0 Å². The number of rotatable bonds is 4. The first-order valence-corrected chi connectivity index (χ1v) is 6.38. The molecule has 0 unspecified atom stereocenters. The topological polar surface area (TPSA) is 54.5 Å². The number of pyridine rings is 1. The number of carbonyl (C=O) groups is 1. The number of hydrogen-bond acceptors (Lipinski definition) is 4. The Morgan fingerprint density at radius 1 is 1.44 bits per heavy atom. The highest BCUT2D eigenvalue weighted by atomic mass is 16.5. The molecule has 18 heavy (non-hydrogen) atoms. The fourth-order valence-electron chi connectivity index (χ4n) is 1.90. The molecular weight excluding hydrogens is 230 g/mol. The molecule has 2 heterocycles. The van der Waals surface area contributed by atoms with Crippen molar-refractivity contribution in [2.45, 2.75) is 19.8 Å². The van der Waals surface area contributed by atoms with Gasteiger partial charge in [0.05, 0.1) is 25.1 Å². The zero-order chi connectivity index (χ0) is 12.8. The van der Waals surface area contributed by atoms with Crippen LogP contribution in [0, 0.1) is 0 Å². The summed E-state index contributed by atoms with van der Waals surface area (Å²) < 4.78 is 5.31. The van der Waals surface area contributed by atoms with E-state index in [0.29, 0.717) is 12.2 Å². The monoisotopic (exact) mass is 249 g/mol. The number of amides is 1. The van der Waals surface area contributed by atoms with E-state index >= 15 is 0 Å². The molecule has 5 heteroatoms. The van der Waals surface area contributed by atoms with Gasteiger partial charge in [-0.15, -0.1) is 0 Å². The van der Waals surface area contributed by atoms with Crippen LogP contribution in [0.3, 0.4) is 0 Å². The summed E-state index contributed by atoms with van der Waals surface area (Å²) in [5.74, 6) is 0.634. The first-order valence-electron chi connectivity index (χ1n) is 6.38. The standard InChI is InChI=1S/C13H19N3O2/c1-2-3-13(17)15-12-5-4-11(10-14-12)16-6-8-18-9-7-16/h4-5,10H,2-3,6-9H2,1H3,(H,14,15,17). The molecule has 1 saturated heterocycles. The molecule has 2 rings (SSSR count). The maximum atomic E-state index is 11.4. The predicted octanol–water partition coefficient (Wildman–Crippen LogP) is 1.66. The van der Waals surface area contributed by atoms with Crippen LogP contribution >= 0.6 is 0 Å². The summed E-state index contributed by atoms with van der Waals surface area (Å²) in [6.07, 6.45) is 3.18. The summed E-state index contributed by atoms with van der Waals surface area (Å²) in [4.78, 5) is 17.9. The Balaban J connectivity index is 1.94. The van der Waals surface area contributed by atoms with Gasteiger partial charge in [-0.1, -0.05) is 6.92 Å². The minimum absolute atomic E-state index is 0.0177. The fraction of sp³-hybridized carbons (Fsp3) is 0.538. The molecule has 0 aromatic carbocycles. The van der Waals surface area contributed by atoms with Crippen molar-refractivity contribution in [3.8, 4) is 0 Å². The highest BCUT2D eigenvalue weighted by molar-refractivity contribution is 5.89. The summed E-state index contributed by atoms with van der Waals surface area (Å²) >= 11 is 0. The van der Waals surface area contributed by atoms with E-state index in [4.69, 9.17) is 4.74 Å². The molecule has 0 saturated carbocycles. The largest absolute Gasteiger partial charge is 0.378 e. The van der Waals surface area contributed by atoms with Crippen molar-refractivity contribution >= 4 is 17.4 Å². The SMILES string of the molecule is CCCC(=O)Nc1ccc(N2CCOCC2)cn1. The maximum absolute atomic E-state index is 11.4. The lowest BCUT2D eigenvalue weighted by Gasteiger charge is -2.28. The van der Waals surface area contributed by atoms with Crippen LogP contribution in [0.4, 0.5) is 11.5 Å². The van der Waals surface area contributed by atoms with Crippen LogP contribution in [0.1, 0.15) is 19.8 Å². The van der Waals surface area contributed by atoms with Crippen LogP contribution in [0.25, 0.3) is 0 Å². The minimum atomic E-state index is 0.0177. The molecule has 0 radical (unpaired) electrons. The summed E-state index contributed by atoms with van der Waals surface area (Å²) in [5.41, 5.74) is 1.08. The third kappa shape index (κ3) is 3.43. The van der Waals surface area contributed by atoms with E-state index in [1.54, 1.807) is 6.20 Å². The number of aromatic nitrogens is 1. The van der Waals surface area contributed by atoms with Gasteiger partial charge in [-0.3, -0.25) is 4.79 Å². The molecule has 1 N–H and O–H groups in total. The Morgan fingerprint density at radius 3 is 2.83 bits per heavy atom. The van der Waals surface area contributed by atoms with Crippen molar-refractivity contribution in [2.24, 2.45) is 0 Å². The summed E-state index contributed by atoms with van der Waals surface area (Å²) in [6.45, 7) is 5.28. The molecule has 1 aliphatic rings. The van der Waals surface area contributed by atoms with Crippen LogP contribution in [-0.4, -0.2) is 37.2 Å². The van der Waals surface area contributed by atoms with Gasteiger partial charge in [-0.05, 0) is 18.6 Å². The van der Waals surface area contributed by atoms with Gasteiger partial charge in [-0.2, -0.15) is 0 Å². The molecule has 1 amide bonds. The van der Waals surface area contributed by atoms with E-state index in [1.165, 1.54) is 0 Å². The average molecular weight is 249 g/mol. The van der Waals surface area contributed by atoms with E-state index in [0.717, 1.165) is 38.4 Å². The smallest absolute Gasteiger partial charge is 0.225 e. The number of hydrogen-bond donors (Lipinski definition) is 1. The Labute approximate surface area is 107 Å². The molecule has 0 atom stereocenters. The van der Waals surface area contributed by atoms with Gasteiger partial charge in [0.2, 0.25) is 5.91 Å². The number of carbonyl (C=O) groups excluding carboxylic acids is 1. The van der Waals surface area contributed by atoms with Crippen LogP contribution < -0.4 is 10.2 Å². The van der Waals surface area contributed by atoms with Gasteiger partial charge in [0, 0.05) is 19.5 Å². The second-order valence-corrected chi connectivity index (χ2v) is 4.30. The van der Waals surface area contributed by atoms with E-state index in [1.807, 2.05) is 19.1 Å². The average Bonchev–Trinajstić information content (AvgIpc) is 2.41. The Morgan fingerprint density at radius 2 is 2.22 bits per heavy atom. The summed E-state index contributed by atoms with van der Waals surface area (Å²) in [5, 5.41) is 2.78. The molecule has 0 aliphatic carbocycles. The number of nitrogens with one attached hydrogen (secondary N) is 1. The molecular formula is C13H19N3O2. The quantitative estimate of drug-likeness (QED) is 0.881. The minimum Gasteiger partial charge on any atom is -0.378 e. The van der Waals surface area contributed by atoms with Crippen LogP contribution in [-0.2, 0) is 9.53 Å². The number of anilines is 2. The Bertz CT molecular complexity index is 386. The zero-order valence-electron chi connectivity index (χ0n) is 10.7. The molecule has 1 aliphatic heterocycles. The highest BCUT2D eigenvalue weighted by Gasteiger charge is 2.11. The molecule has 1 aromatic rings. The molecule has 5 nitrogen and oxygen atoms in total. The number of nitrogens with zero attached hydrogens (tertiary/aromatic N) is 2. The highest BCUT2D eigenvalue weighted by Crippen LogP contribution is 2.16. The Hall–Kier alpha value is -1.62. The van der Waals surface area contributed by atoms with E-state index in [-0.39, 0.29) is 5.91 Å². The summed E-state index contributed by atoms with van der Waals surface area (Å²) in [7, 11) is 0. The lowest BCUT2D eigenvalue weighted by molar-refractivity contribution is -0.116. The maximum Gasteiger partial charge on any atom is 0.225 e. The van der Waals surface area contributed by atoms with Gasteiger partial charge >= 0.3 is 0 Å². The predicted molar refractivity (Wildman–Crippen MR) is 70.8 cm³/mol. The zero-order valence-corrected chi connectivity index (χ0v) is 10.7. The molecule has 1 aromatic heterocycles. The van der Waals surface area contributed by atoms with Crippen LogP contribution in [0.2, 0.25) is 0 Å².